The lowest BCUT2D eigenvalue weighted by Gasteiger charge is -2.21. The van der Waals surface area contributed by atoms with Crippen LogP contribution in [0.3, 0.4) is 0 Å². The molecule has 4 heteroatoms. The summed E-state index contributed by atoms with van der Waals surface area (Å²) in [5.74, 6) is -0.0977. The van der Waals surface area contributed by atoms with Crippen molar-refractivity contribution in [1.82, 2.24) is 0 Å². The van der Waals surface area contributed by atoms with Crippen molar-refractivity contribution in [2.45, 2.75) is 12.8 Å². The van der Waals surface area contributed by atoms with E-state index in [2.05, 4.69) is 17.0 Å². The first-order chi connectivity index (χ1) is 10.7. The van der Waals surface area contributed by atoms with E-state index in [0.29, 0.717) is 10.6 Å². The number of hydrogen-bond donors (Lipinski definition) is 0. The van der Waals surface area contributed by atoms with Gasteiger partial charge in [0.15, 0.2) is 0 Å². The van der Waals surface area contributed by atoms with Crippen molar-refractivity contribution in [1.29, 1.82) is 0 Å². The van der Waals surface area contributed by atoms with Crippen molar-refractivity contribution in [3.63, 3.8) is 0 Å². The molecule has 1 heterocycles. The minimum absolute atomic E-state index is 0.0977. The zero-order valence-electron chi connectivity index (χ0n) is 12.6. The summed E-state index contributed by atoms with van der Waals surface area (Å²) in [6.45, 7) is 2.24. The Labute approximate surface area is 136 Å². The molecule has 0 unspecified atom stereocenters. The standard InChI is InChI=1S/C18H19ClN2O/c1-20(18(22)16-6-2-3-7-17(16)19)14-8-10-15(11-9-14)21-12-4-5-13-21/h2-3,6-11H,4-5,12-13H2,1H3. The number of benzene rings is 2. The molecule has 3 nitrogen and oxygen atoms in total. The first-order valence-corrected chi connectivity index (χ1v) is 7.92. The van der Waals surface area contributed by atoms with Gasteiger partial charge in [0, 0.05) is 31.5 Å². The Kier molecular flexibility index (Phi) is 4.34. The third-order valence-electron chi connectivity index (χ3n) is 4.12. The summed E-state index contributed by atoms with van der Waals surface area (Å²) >= 11 is 6.11. The molecule has 22 heavy (non-hydrogen) atoms. The number of anilines is 2. The Morgan fingerprint density at radius 2 is 1.68 bits per heavy atom. The zero-order valence-corrected chi connectivity index (χ0v) is 13.4. The van der Waals surface area contributed by atoms with E-state index in [9.17, 15) is 4.79 Å². The number of amides is 1. The molecular formula is C18H19ClN2O. The van der Waals surface area contributed by atoms with Gasteiger partial charge in [0.25, 0.3) is 5.91 Å². The Hall–Kier alpha value is -2.00. The first kappa shape index (κ1) is 14.9. The summed E-state index contributed by atoms with van der Waals surface area (Å²) in [5, 5.41) is 0.480. The van der Waals surface area contributed by atoms with Crippen LogP contribution in [-0.2, 0) is 0 Å². The first-order valence-electron chi connectivity index (χ1n) is 7.54. The van der Waals surface area contributed by atoms with Gasteiger partial charge in [0.05, 0.1) is 10.6 Å². The molecule has 114 valence electrons. The maximum absolute atomic E-state index is 12.5. The van der Waals surface area contributed by atoms with Gasteiger partial charge in [-0.25, -0.2) is 0 Å². The van der Waals surface area contributed by atoms with Crippen LogP contribution in [0.2, 0.25) is 5.02 Å². The molecule has 0 radical (unpaired) electrons. The van der Waals surface area contributed by atoms with E-state index < -0.39 is 0 Å². The number of carbonyl (C=O) groups is 1. The number of rotatable bonds is 3. The maximum Gasteiger partial charge on any atom is 0.259 e. The summed E-state index contributed by atoms with van der Waals surface area (Å²) < 4.78 is 0. The van der Waals surface area contributed by atoms with Gasteiger partial charge in [-0.3, -0.25) is 4.79 Å². The number of nitrogens with zero attached hydrogens (tertiary/aromatic N) is 2. The number of halogens is 1. The van der Waals surface area contributed by atoms with Crippen LogP contribution in [0.15, 0.2) is 48.5 Å². The molecule has 1 fully saturated rings. The van der Waals surface area contributed by atoms with Gasteiger partial charge in [0.2, 0.25) is 0 Å². The average molecular weight is 315 g/mol. The molecular weight excluding hydrogens is 296 g/mol. The third kappa shape index (κ3) is 2.95. The second-order valence-corrected chi connectivity index (χ2v) is 5.96. The van der Waals surface area contributed by atoms with E-state index in [1.165, 1.54) is 18.5 Å². The molecule has 0 aliphatic carbocycles. The van der Waals surface area contributed by atoms with Crippen molar-refractivity contribution >= 4 is 28.9 Å². The Bertz CT molecular complexity index is 663. The van der Waals surface area contributed by atoms with Crippen LogP contribution in [0, 0.1) is 0 Å². The van der Waals surface area contributed by atoms with Crippen molar-refractivity contribution < 1.29 is 4.79 Å². The fourth-order valence-corrected chi connectivity index (χ4v) is 3.01. The van der Waals surface area contributed by atoms with Crippen LogP contribution in [0.5, 0.6) is 0 Å². The predicted octanol–water partition coefficient (Wildman–Crippen LogP) is 4.22. The lowest BCUT2D eigenvalue weighted by atomic mass is 10.2. The molecule has 0 N–H and O–H groups in total. The SMILES string of the molecule is CN(C(=O)c1ccccc1Cl)c1ccc(N2CCCC2)cc1. The second-order valence-electron chi connectivity index (χ2n) is 5.55. The smallest absolute Gasteiger partial charge is 0.259 e. The van der Waals surface area contributed by atoms with E-state index in [0.717, 1.165) is 18.8 Å². The number of carbonyl (C=O) groups excluding carboxylic acids is 1. The third-order valence-corrected chi connectivity index (χ3v) is 4.45. The van der Waals surface area contributed by atoms with Crippen molar-refractivity contribution in [2.24, 2.45) is 0 Å². The fourth-order valence-electron chi connectivity index (χ4n) is 2.79. The molecule has 3 rings (SSSR count). The predicted molar refractivity (Wildman–Crippen MR) is 92.1 cm³/mol. The molecule has 1 amide bonds. The highest BCUT2D eigenvalue weighted by atomic mass is 35.5. The molecule has 2 aromatic rings. The summed E-state index contributed by atoms with van der Waals surface area (Å²) in [5.41, 5.74) is 2.61. The molecule has 0 aromatic heterocycles. The Balaban J connectivity index is 1.78. The molecule has 0 saturated carbocycles. The van der Waals surface area contributed by atoms with Crippen LogP contribution < -0.4 is 9.80 Å². The summed E-state index contributed by atoms with van der Waals surface area (Å²) in [4.78, 5) is 16.5. The summed E-state index contributed by atoms with van der Waals surface area (Å²) in [6, 6.07) is 15.3. The van der Waals surface area contributed by atoms with Crippen molar-refractivity contribution in [3.8, 4) is 0 Å². The topological polar surface area (TPSA) is 23.6 Å². The fraction of sp³-hybridized carbons (Fsp3) is 0.278. The number of hydrogen-bond acceptors (Lipinski definition) is 2. The monoisotopic (exact) mass is 314 g/mol. The van der Waals surface area contributed by atoms with Gasteiger partial charge in [0.1, 0.15) is 0 Å². The molecule has 2 aromatic carbocycles. The van der Waals surface area contributed by atoms with E-state index in [1.54, 1.807) is 24.1 Å². The van der Waals surface area contributed by atoms with Gasteiger partial charge in [-0.1, -0.05) is 23.7 Å². The Morgan fingerprint density at radius 1 is 1.05 bits per heavy atom. The highest BCUT2D eigenvalue weighted by molar-refractivity contribution is 6.34. The van der Waals surface area contributed by atoms with Gasteiger partial charge in [-0.05, 0) is 49.2 Å². The van der Waals surface area contributed by atoms with E-state index in [-0.39, 0.29) is 5.91 Å². The van der Waals surface area contributed by atoms with Gasteiger partial charge >= 0.3 is 0 Å². The second kappa shape index (κ2) is 6.41. The largest absolute Gasteiger partial charge is 0.372 e. The van der Waals surface area contributed by atoms with Gasteiger partial charge in [-0.2, -0.15) is 0 Å². The van der Waals surface area contributed by atoms with Crippen LogP contribution in [-0.4, -0.2) is 26.0 Å². The van der Waals surface area contributed by atoms with E-state index >= 15 is 0 Å². The lowest BCUT2D eigenvalue weighted by Crippen LogP contribution is -2.26. The quantitative estimate of drug-likeness (QED) is 0.847. The zero-order chi connectivity index (χ0) is 15.5. The normalized spacial score (nSPS) is 14.2. The van der Waals surface area contributed by atoms with Crippen LogP contribution in [0.1, 0.15) is 23.2 Å². The van der Waals surface area contributed by atoms with Crippen LogP contribution >= 0.6 is 11.6 Å². The van der Waals surface area contributed by atoms with Crippen LogP contribution in [0.4, 0.5) is 11.4 Å². The summed E-state index contributed by atoms with van der Waals surface area (Å²) in [7, 11) is 1.77. The Morgan fingerprint density at radius 3 is 2.32 bits per heavy atom. The molecule has 0 spiro atoms. The lowest BCUT2D eigenvalue weighted by molar-refractivity contribution is 0.0993. The minimum atomic E-state index is -0.0977. The van der Waals surface area contributed by atoms with Crippen molar-refractivity contribution in [3.05, 3.63) is 59.1 Å². The summed E-state index contributed by atoms with van der Waals surface area (Å²) in [6.07, 6.45) is 2.51. The molecule has 0 atom stereocenters. The highest BCUT2D eigenvalue weighted by Crippen LogP contribution is 2.25. The molecule has 1 aliphatic heterocycles. The van der Waals surface area contributed by atoms with Gasteiger partial charge < -0.3 is 9.80 Å². The average Bonchev–Trinajstić information content (AvgIpc) is 3.09. The maximum atomic E-state index is 12.5. The highest BCUT2D eigenvalue weighted by Gasteiger charge is 2.17. The molecule has 0 bridgehead atoms. The molecule has 1 aliphatic rings. The van der Waals surface area contributed by atoms with Crippen LogP contribution in [0.25, 0.3) is 0 Å². The minimum Gasteiger partial charge on any atom is -0.372 e. The van der Waals surface area contributed by atoms with E-state index in [1.807, 2.05) is 24.3 Å². The van der Waals surface area contributed by atoms with Gasteiger partial charge in [-0.15, -0.1) is 0 Å². The van der Waals surface area contributed by atoms with E-state index in [4.69, 9.17) is 11.6 Å². The molecule has 1 saturated heterocycles. The van der Waals surface area contributed by atoms with Crippen molar-refractivity contribution in [2.75, 3.05) is 29.9 Å².